The molecule has 68 valence electrons. The number of hydrogen-bond donors (Lipinski definition) is 0. The number of fused-ring (bicyclic) bond motifs is 1. The third-order valence-electron chi connectivity index (χ3n) is 2.32. The molecule has 1 aromatic rings. The first-order valence-electron chi connectivity index (χ1n) is 4.12. The van der Waals surface area contributed by atoms with Gasteiger partial charge in [0.1, 0.15) is 5.75 Å². The van der Waals surface area contributed by atoms with E-state index in [4.69, 9.17) is 16.3 Å². The molecule has 1 aliphatic rings. The Morgan fingerprint density at radius 1 is 1.38 bits per heavy atom. The third kappa shape index (κ3) is 1.22. The summed E-state index contributed by atoms with van der Waals surface area (Å²) in [7, 11) is 1.56. The maximum absolute atomic E-state index is 11.5. The van der Waals surface area contributed by atoms with Crippen molar-refractivity contribution in [2.45, 2.75) is 12.8 Å². The lowest BCUT2D eigenvalue weighted by Gasteiger charge is -2.06. The first kappa shape index (κ1) is 8.57. The molecule has 3 heteroatoms. The van der Waals surface area contributed by atoms with Gasteiger partial charge in [0, 0.05) is 11.4 Å². The lowest BCUT2D eigenvalue weighted by molar-refractivity contribution is 0.0992. The van der Waals surface area contributed by atoms with E-state index < -0.39 is 0 Å². The summed E-state index contributed by atoms with van der Waals surface area (Å²) in [5.41, 5.74) is 1.61. The molecule has 0 heterocycles. The van der Waals surface area contributed by atoms with Crippen LogP contribution in [-0.4, -0.2) is 12.9 Å². The predicted octanol–water partition coefficient (Wildman–Crippen LogP) is 2.48. The molecular formula is C10H9ClO2. The lowest BCUT2D eigenvalue weighted by Crippen LogP contribution is -1.96. The summed E-state index contributed by atoms with van der Waals surface area (Å²) in [6.07, 6.45) is 1.29. The Labute approximate surface area is 81.5 Å². The van der Waals surface area contributed by atoms with Gasteiger partial charge in [-0.05, 0) is 24.1 Å². The Morgan fingerprint density at radius 3 is 2.85 bits per heavy atom. The zero-order valence-corrected chi connectivity index (χ0v) is 8.02. The highest BCUT2D eigenvalue weighted by molar-refractivity contribution is 6.32. The number of rotatable bonds is 1. The Morgan fingerprint density at radius 2 is 2.15 bits per heavy atom. The number of benzene rings is 1. The minimum Gasteiger partial charge on any atom is -0.496 e. The van der Waals surface area contributed by atoms with Gasteiger partial charge >= 0.3 is 0 Å². The molecule has 2 rings (SSSR count). The van der Waals surface area contributed by atoms with Crippen LogP contribution in [-0.2, 0) is 6.42 Å². The van der Waals surface area contributed by atoms with E-state index in [2.05, 4.69) is 0 Å². The second-order valence-electron chi connectivity index (χ2n) is 3.03. The molecule has 0 N–H and O–H groups in total. The van der Waals surface area contributed by atoms with E-state index >= 15 is 0 Å². The SMILES string of the molecule is COc1ccc(Cl)c2c1C(=O)CC2. The fourth-order valence-corrected chi connectivity index (χ4v) is 1.94. The minimum absolute atomic E-state index is 0.134. The molecule has 0 unspecified atom stereocenters. The fraction of sp³-hybridized carbons (Fsp3) is 0.300. The molecule has 0 fully saturated rings. The molecule has 0 radical (unpaired) electrons. The van der Waals surface area contributed by atoms with Gasteiger partial charge in [-0.1, -0.05) is 11.6 Å². The van der Waals surface area contributed by atoms with E-state index in [-0.39, 0.29) is 5.78 Å². The number of hydrogen-bond acceptors (Lipinski definition) is 2. The highest BCUT2D eigenvalue weighted by Crippen LogP contribution is 2.35. The molecule has 0 spiro atoms. The van der Waals surface area contributed by atoms with E-state index in [1.807, 2.05) is 0 Å². The molecule has 0 amide bonds. The number of Topliss-reactive ketones (excluding diaryl/α,β-unsaturated/α-hetero) is 1. The van der Waals surface area contributed by atoms with E-state index in [1.54, 1.807) is 19.2 Å². The second kappa shape index (κ2) is 3.04. The normalized spacial score (nSPS) is 14.5. The fourth-order valence-electron chi connectivity index (χ4n) is 1.68. The van der Waals surface area contributed by atoms with Crippen molar-refractivity contribution in [1.82, 2.24) is 0 Å². The largest absolute Gasteiger partial charge is 0.496 e. The highest BCUT2D eigenvalue weighted by atomic mass is 35.5. The van der Waals surface area contributed by atoms with Crippen molar-refractivity contribution in [3.05, 3.63) is 28.3 Å². The molecule has 1 aromatic carbocycles. The van der Waals surface area contributed by atoms with Gasteiger partial charge < -0.3 is 4.74 Å². The van der Waals surface area contributed by atoms with E-state index in [0.717, 1.165) is 12.0 Å². The summed E-state index contributed by atoms with van der Waals surface area (Å²) in [5.74, 6) is 0.774. The van der Waals surface area contributed by atoms with Gasteiger partial charge in [-0.3, -0.25) is 4.79 Å². The number of methoxy groups -OCH3 is 1. The summed E-state index contributed by atoms with van der Waals surface area (Å²) in [6.45, 7) is 0. The van der Waals surface area contributed by atoms with Crippen LogP contribution in [0.3, 0.4) is 0 Å². The molecular weight excluding hydrogens is 188 g/mol. The molecule has 0 aromatic heterocycles. The van der Waals surface area contributed by atoms with E-state index in [9.17, 15) is 4.79 Å². The molecule has 0 atom stereocenters. The number of ether oxygens (including phenoxy) is 1. The van der Waals surface area contributed by atoms with Crippen molar-refractivity contribution in [2.24, 2.45) is 0 Å². The van der Waals surface area contributed by atoms with Gasteiger partial charge in [-0.25, -0.2) is 0 Å². The highest BCUT2D eigenvalue weighted by Gasteiger charge is 2.25. The van der Waals surface area contributed by atoms with Crippen molar-refractivity contribution in [3.63, 3.8) is 0 Å². The van der Waals surface area contributed by atoms with Crippen molar-refractivity contribution in [3.8, 4) is 5.75 Å². The van der Waals surface area contributed by atoms with Crippen molar-refractivity contribution < 1.29 is 9.53 Å². The molecule has 1 aliphatic carbocycles. The average molecular weight is 197 g/mol. The lowest BCUT2D eigenvalue weighted by atomic mass is 10.1. The van der Waals surface area contributed by atoms with Crippen LogP contribution in [0.1, 0.15) is 22.3 Å². The average Bonchev–Trinajstić information content (AvgIpc) is 2.51. The van der Waals surface area contributed by atoms with Gasteiger partial charge in [0.2, 0.25) is 0 Å². The van der Waals surface area contributed by atoms with Crippen LogP contribution >= 0.6 is 11.6 Å². The molecule has 13 heavy (non-hydrogen) atoms. The Hall–Kier alpha value is -1.02. The first-order valence-corrected chi connectivity index (χ1v) is 4.50. The zero-order valence-electron chi connectivity index (χ0n) is 7.26. The molecule has 0 bridgehead atoms. The van der Waals surface area contributed by atoms with E-state index in [1.165, 1.54) is 0 Å². The summed E-state index contributed by atoms with van der Waals surface area (Å²) in [6, 6.07) is 3.52. The summed E-state index contributed by atoms with van der Waals surface area (Å²) >= 11 is 5.96. The van der Waals surface area contributed by atoms with Gasteiger partial charge in [-0.2, -0.15) is 0 Å². The van der Waals surface area contributed by atoms with Gasteiger partial charge in [0.15, 0.2) is 5.78 Å². The van der Waals surface area contributed by atoms with Gasteiger partial charge in [0.05, 0.1) is 12.7 Å². The maximum Gasteiger partial charge on any atom is 0.167 e. The number of ketones is 1. The summed E-state index contributed by atoms with van der Waals surface area (Å²) < 4.78 is 5.10. The molecule has 0 aliphatic heterocycles. The van der Waals surface area contributed by atoms with Crippen LogP contribution in [0, 0.1) is 0 Å². The van der Waals surface area contributed by atoms with Crippen LogP contribution in [0.25, 0.3) is 0 Å². The Balaban J connectivity index is 2.66. The molecule has 2 nitrogen and oxygen atoms in total. The number of carbonyl (C=O) groups is 1. The molecule has 0 saturated carbocycles. The smallest absolute Gasteiger partial charge is 0.167 e. The van der Waals surface area contributed by atoms with Gasteiger partial charge in [-0.15, -0.1) is 0 Å². The third-order valence-corrected chi connectivity index (χ3v) is 2.67. The van der Waals surface area contributed by atoms with Gasteiger partial charge in [0.25, 0.3) is 0 Å². The number of carbonyl (C=O) groups excluding carboxylic acids is 1. The zero-order chi connectivity index (χ0) is 9.42. The van der Waals surface area contributed by atoms with Crippen LogP contribution in [0.5, 0.6) is 5.75 Å². The quantitative estimate of drug-likeness (QED) is 0.690. The standard InChI is InChI=1S/C10H9ClO2/c1-13-9-5-3-7(11)6-2-4-8(12)10(6)9/h3,5H,2,4H2,1H3. The first-order chi connectivity index (χ1) is 6.24. The van der Waals surface area contributed by atoms with Crippen LogP contribution in [0.4, 0.5) is 0 Å². The topological polar surface area (TPSA) is 26.3 Å². The van der Waals surface area contributed by atoms with Crippen LogP contribution in [0.15, 0.2) is 12.1 Å². The number of halogens is 1. The predicted molar refractivity (Wildman–Crippen MR) is 50.7 cm³/mol. The summed E-state index contributed by atoms with van der Waals surface area (Å²) in [5, 5.41) is 0.668. The second-order valence-corrected chi connectivity index (χ2v) is 3.43. The van der Waals surface area contributed by atoms with E-state index in [0.29, 0.717) is 22.8 Å². The van der Waals surface area contributed by atoms with Crippen LogP contribution in [0.2, 0.25) is 5.02 Å². The van der Waals surface area contributed by atoms with Crippen LogP contribution < -0.4 is 4.74 Å². The molecule has 0 saturated heterocycles. The van der Waals surface area contributed by atoms with Crippen molar-refractivity contribution in [2.75, 3.05) is 7.11 Å². The minimum atomic E-state index is 0.134. The monoisotopic (exact) mass is 196 g/mol. The Bertz CT molecular complexity index is 371. The summed E-state index contributed by atoms with van der Waals surface area (Å²) in [4.78, 5) is 11.5. The maximum atomic E-state index is 11.5. The Kier molecular flexibility index (Phi) is 2.00. The van der Waals surface area contributed by atoms with Crippen molar-refractivity contribution >= 4 is 17.4 Å². The van der Waals surface area contributed by atoms with Crippen molar-refractivity contribution in [1.29, 1.82) is 0 Å².